The summed E-state index contributed by atoms with van der Waals surface area (Å²) in [7, 11) is 1.96. The molecule has 0 aliphatic carbocycles. The SMILES string of the molecule is CN[C@H](C)c1cc[nH]c1. The van der Waals surface area contributed by atoms with Gasteiger partial charge in [0.05, 0.1) is 0 Å². The molecule has 0 saturated heterocycles. The molecule has 2 heteroatoms. The zero-order chi connectivity index (χ0) is 6.69. The number of aromatic amines is 1. The molecule has 2 nitrogen and oxygen atoms in total. The van der Waals surface area contributed by atoms with E-state index in [9.17, 15) is 0 Å². The van der Waals surface area contributed by atoms with Crippen molar-refractivity contribution in [3.63, 3.8) is 0 Å². The molecule has 1 heterocycles. The van der Waals surface area contributed by atoms with Crippen molar-refractivity contribution in [2.24, 2.45) is 0 Å². The van der Waals surface area contributed by atoms with Gasteiger partial charge in [0.25, 0.3) is 0 Å². The Bertz CT molecular complexity index is 155. The van der Waals surface area contributed by atoms with Crippen LogP contribution in [0.25, 0.3) is 0 Å². The third kappa shape index (κ3) is 1.33. The summed E-state index contributed by atoms with van der Waals surface area (Å²) in [6.07, 6.45) is 3.93. The number of H-pyrrole nitrogens is 1. The highest BCUT2D eigenvalue weighted by Crippen LogP contribution is 2.08. The van der Waals surface area contributed by atoms with Crippen LogP contribution in [0.2, 0.25) is 0 Å². The lowest BCUT2D eigenvalue weighted by Crippen LogP contribution is -2.10. The summed E-state index contributed by atoms with van der Waals surface area (Å²) in [5.74, 6) is 0. The standard InChI is InChI=1S/C7H12N2/c1-6(8-2)7-3-4-9-5-7/h3-6,8-9H,1-2H3/t6-/m1/s1. The maximum atomic E-state index is 3.15. The van der Waals surface area contributed by atoms with E-state index in [0.717, 1.165) is 0 Å². The Morgan fingerprint density at radius 3 is 2.89 bits per heavy atom. The van der Waals surface area contributed by atoms with Gasteiger partial charge in [0, 0.05) is 18.4 Å². The third-order valence-corrected chi connectivity index (χ3v) is 1.56. The monoisotopic (exact) mass is 124 g/mol. The zero-order valence-corrected chi connectivity index (χ0v) is 5.81. The van der Waals surface area contributed by atoms with Crippen molar-refractivity contribution in [1.29, 1.82) is 0 Å². The van der Waals surface area contributed by atoms with Crippen LogP contribution in [0, 0.1) is 0 Å². The summed E-state index contributed by atoms with van der Waals surface area (Å²) in [4.78, 5) is 3.00. The van der Waals surface area contributed by atoms with Crippen LogP contribution in [0.4, 0.5) is 0 Å². The fourth-order valence-electron chi connectivity index (χ4n) is 0.773. The lowest BCUT2D eigenvalue weighted by atomic mass is 10.2. The van der Waals surface area contributed by atoms with Crippen LogP contribution < -0.4 is 5.32 Å². The Morgan fingerprint density at radius 1 is 1.67 bits per heavy atom. The Kier molecular flexibility index (Phi) is 1.90. The van der Waals surface area contributed by atoms with Crippen molar-refractivity contribution in [1.82, 2.24) is 10.3 Å². The van der Waals surface area contributed by atoms with Gasteiger partial charge in [-0.3, -0.25) is 0 Å². The predicted molar refractivity (Wildman–Crippen MR) is 38.3 cm³/mol. The number of nitrogens with one attached hydrogen (secondary N) is 2. The van der Waals surface area contributed by atoms with E-state index in [0.29, 0.717) is 6.04 Å². The van der Waals surface area contributed by atoms with Crippen LogP contribution in [-0.4, -0.2) is 12.0 Å². The van der Waals surface area contributed by atoms with Gasteiger partial charge >= 0.3 is 0 Å². The molecule has 0 unspecified atom stereocenters. The van der Waals surface area contributed by atoms with Crippen LogP contribution in [-0.2, 0) is 0 Å². The molecule has 0 bridgehead atoms. The Balaban J connectivity index is 2.65. The van der Waals surface area contributed by atoms with Gasteiger partial charge in [0.1, 0.15) is 0 Å². The van der Waals surface area contributed by atoms with E-state index in [1.54, 1.807) is 0 Å². The number of hydrogen-bond acceptors (Lipinski definition) is 1. The fourth-order valence-corrected chi connectivity index (χ4v) is 0.773. The van der Waals surface area contributed by atoms with Crippen LogP contribution in [0.3, 0.4) is 0 Å². The second kappa shape index (κ2) is 2.69. The van der Waals surface area contributed by atoms with E-state index < -0.39 is 0 Å². The number of aromatic nitrogens is 1. The molecule has 2 N–H and O–H groups in total. The van der Waals surface area contributed by atoms with Crippen molar-refractivity contribution < 1.29 is 0 Å². The molecule has 9 heavy (non-hydrogen) atoms. The first kappa shape index (κ1) is 6.36. The minimum Gasteiger partial charge on any atom is -0.367 e. The normalized spacial score (nSPS) is 13.6. The van der Waals surface area contributed by atoms with Gasteiger partial charge in [-0.15, -0.1) is 0 Å². The molecule has 1 aromatic rings. The highest BCUT2D eigenvalue weighted by Gasteiger charge is 1.99. The molecular formula is C7H12N2. The van der Waals surface area contributed by atoms with E-state index in [2.05, 4.69) is 23.3 Å². The van der Waals surface area contributed by atoms with E-state index in [1.807, 2.05) is 19.4 Å². The lowest BCUT2D eigenvalue weighted by molar-refractivity contribution is 0.653. The molecule has 1 atom stereocenters. The van der Waals surface area contributed by atoms with E-state index >= 15 is 0 Å². The van der Waals surface area contributed by atoms with Crippen molar-refractivity contribution in [3.05, 3.63) is 24.0 Å². The number of rotatable bonds is 2. The van der Waals surface area contributed by atoms with Crippen molar-refractivity contribution in [2.45, 2.75) is 13.0 Å². The molecule has 0 saturated carbocycles. The zero-order valence-electron chi connectivity index (χ0n) is 5.81. The van der Waals surface area contributed by atoms with Crippen LogP contribution in [0.5, 0.6) is 0 Å². The second-order valence-electron chi connectivity index (χ2n) is 2.15. The largest absolute Gasteiger partial charge is 0.367 e. The van der Waals surface area contributed by atoms with Crippen molar-refractivity contribution >= 4 is 0 Å². The third-order valence-electron chi connectivity index (χ3n) is 1.56. The summed E-state index contributed by atoms with van der Waals surface area (Å²) in [5, 5.41) is 3.15. The quantitative estimate of drug-likeness (QED) is 0.611. The highest BCUT2D eigenvalue weighted by atomic mass is 14.9. The Hall–Kier alpha value is -0.760. The van der Waals surface area contributed by atoms with Crippen molar-refractivity contribution in [3.8, 4) is 0 Å². The predicted octanol–water partition coefficient (Wildman–Crippen LogP) is 1.30. The highest BCUT2D eigenvalue weighted by molar-refractivity contribution is 5.12. The van der Waals surface area contributed by atoms with Crippen molar-refractivity contribution in [2.75, 3.05) is 7.05 Å². The first-order valence-corrected chi connectivity index (χ1v) is 3.14. The molecule has 0 amide bonds. The smallest absolute Gasteiger partial charge is 0.0303 e. The second-order valence-corrected chi connectivity index (χ2v) is 2.15. The van der Waals surface area contributed by atoms with Gasteiger partial charge in [-0.05, 0) is 25.6 Å². The van der Waals surface area contributed by atoms with Gasteiger partial charge in [-0.2, -0.15) is 0 Å². The van der Waals surface area contributed by atoms with Gasteiger partial charge in [-0.1, -0.05) is 0 Å². The first-order valence-electron chi connectivity index (χ1n) is 3.14. The minimum absolute atomic E-state index is 0.455. The molecule has 0 fully saturated rings. The molecular weight excluding hydrogens is 112 g/mol. The van der Waals surface area contributed by atoms with Crippen LogP contribution in [0.1, 0.15) is 18.5 Å². The fraction of sp³-hybridized carbons (Fsp3) is 0.429. The van der Waals surface area contributed by atoms with E-state index in [-0.39, 0.29) is 0 Å². The topological polar surface area (TPSA) is 27.8 Å². The molecule has 0 aliphatic rings. The van der Waals surface area contributed by atoms with E-state index in [1.165, 1.54) is 5.56 Å². The van der Waals surface area contributed by atoms with Gasteiger partial charge in [0.15, 0.2) is 0 Å². The maximum Gasteiger partial charge on any atom is 0.0303 e. The minimum atomic E-state index is 0.455. The summed E-state index contributed by atoms with van der Waals surface area (Å²) >= 11 is 0. The average molecular weight is 124 g/mol. The molecule has 0 spiro atoms. The summed E-state index contributed by atoms with van der Waals surface area (Å²) in [6, 6.07) is 2.53. The molecule has 1 rings (SSSR count). The van der Waals surface area contributed by atoms with Gasteiger partial charge in [0.2, 0.25) is 0 Å². The lowest BCUT2D eigenvalue weighted by Gasteiger charge is -2.05. The molecule has 1 aromatic heterocycles. The van der Waals surface area contributed by atoms with Crippen LogP contribution in [0.15, 0.2) is 18.5 Å². The van der Waals surface area contributed by atoms with Crippen LogP contribution >= 0.6 is 0 Å². The van der Waals surface area contributed by atoms with Gasteiger partial charge < -0.3 is 10.3 Å². The summed E-state index contributed by atoms with van der Waals surface area (Å²) in [5.41, 5.74) is 1.30. The maximum absolute atomic E-state index is 3.15. The molecule has 0 aromatic carbocycles. The Morgan fingerprint density at radius 2 is 2.44 bits per heavy atom. The van der Waals surface area contributed by atoms with E-state index in [4.69, 9.17) is 0 Å². The number of hydrogen-bond donors (Lipinski definition) is 2. The summed E-state index contributed by atoms with van der Waals surface area (Å²) < 4.78 is 0. The summed E-state index contributed by atoms with van der Waals surface area (Å²) in [6.45, 7) is 2.13. The average Bonchev–Trinajstić information content (AvgIpc) is 2.37. The molecule has 50 valence electrons. The molecule has 0 radical (unpaired) electrons. The Labute approximate surface area is 55.3 Å². The molecule has 0 aliphatic heterocycles. The first-order chi connectivity index (χ1) is 4.34. The van der Waals surface area contributed by atoms with Gasteiger partial charge in [-0.25, -0.2) is 0 Å².